The monoisotopic (exact) mass is 308 g/mol. The van der Waals surface area contributed by atoms with Crippen LogP contribution in [0.1, 0.15) is 18.4 Å². The van der Waals surface area contributed by atoms with Crippen LogP contribution in [-0.2, 0) is 11.3 Å². The zero-order chi connectivity index (χ0) is 12.5. The van der Waals surface area contributed by atoms with E-state index in [1.165, 1.54) is 5.56 Å². The number of carbonyl (C=O) groups is 1. The largest absolute Gasteiger partial charge is 0.336 e. The van der Waals surface area contributed by atoms with E-state index in [-0.39, 0.29) is 5.92 Å². The van der Waals surface area contributed by atoms with Crippen LogP contribution in [0.15, 0.2) is 28.7 Å². The van der Waals surface area contributed by atoms with E-state index in [0.717, 1.165) is 36.9 Å². The maximum atomic E-state index is 12.3. The predicted molar refractivity (Wildman–Crippen MR) is 74.1 cm³/mol. The minimum absolute atomic E-state index is 0.217. The van der Waals surface area contributed by atoms with Gasteiger partial charge in [0, 0.05) is 23.6 Å². The van der Waals surface area contributed by atoms with E-state index in [9.17, 15) is 4.79 Å². The van der Waals surface area contributed by atoms with Crippen molar-refractivity contribution >= 4 is 21.8 Å². The predicted octanol–water partition coefficient (Wildman–Crippen LogP) is 2.16. The Labute approximate surface area is 116 Å². The molecule has 2 heterocycles. The number of halogens is 1. The van der Waals surface area contributed by atoms with Crippen LogP contribution in [0.3, 0.4) is 0 Å². The van der Waals surface area contributed by atoms with Crippen LogP contribution in [0, 0.1) is 5.92 Å². The number of fused-ring (bicyclic) bond motifs is 1. The first-order valence-corrected chi connectivity index (χ1v) is 7.30. The molecule has 2 aliphatic heterocycles. The molecule has 0 radical (unpaired) electrons. The highest BCUT2D eigenvalue weighted by molar-refractivity contribution is 9.10. The lowest BCUT2D eigenvalue weighted by Gasteiger charge is -2.23. The SMILES string of the molecule is O=C1C2CCCNC2CN1Cc1ccc(Br)cc1. The zero-order valence-electron chi connectivity index (χ0n) is 10.2. The van der Waals surface area contributed by atoms with Gasteiger partial charge in [0.25, 0.3) is 0 Å². The van der Waals surface area contributed by atoms with Gasteiger partial charge in [0.2, 0.25) is 5.91 Å². The van der Waals surface area contributed by atoms with Crippen LogP contribution in [0.5, 0.6) is 0 Å². The summed E-state index contributed by atoms with van der Waals surface area (Å²) in [6.45, 7) is 2.65. The van der Waals surface area contributed by atoms with Crippen molar-refractivity contribution < 1.29 is 4.79 Å². The van der Waals surface area contributed by atoms with Crippen LogP contribution in [0.25, 0.3) is 0 Å². The van der Waals surface area contributed by atoms with Crippen LogP contribution in [-0.4, -0.2) is 29.9 Å². The Morgan fingerprint density at radius 1 is 1.33 bits per heavy atom. The fraction of sp³-hybridized carbons (Fsp3) is 0.500. The number of likely N-dealkylation sites (tertiary alicyclic amines) is 1. The van der Waals surface area contributed by atoms with Crippen LogP contribution >= 0.6 is 15.9 Å². The molecular formula is C14H17BrN2O. The summed E-state index contributed by atoms with van der Waals surface area (Å²) in [5.41, 5.74) is 1.20. The van der Waals surface area contributed by atoms with E-state index >= 15 is 0 Å². The summed E-state index contributed by atoms with van der Waals surface area (Å²) in [5.74, 6) is 0.546. The van der Waals surface area contributed by atoms with Crippen molar-refractivity contribution in [3.63, 3.8) is 0 Å². The molecule has 1 amide bonds. The van der Waals surface area contributed by atoms with Crippen LogP contribution < -0.4 is 5.32 Å². The molecule has 2 unspecified atom stereocenters. The highest BCUT2D eigenvalue weighted by Gasteiger charge is 2.40. The lowest BCUT2D eigenvalue weighted by molar-refractivity contribution is -0.131. The molecule has 96 valence electrons. The Balaban J connectivity index is 1.70. The van der Waals surface area contributed by atoms with Crippen molar-refractivity contribution in [2.75, 3.05) is 13.1 Å². The van der Waals surface area contributed by atoms with Gasteiger partial charge in [-0.1, -0.05) is 28.1 Å². The summed E-state index contributed by atoms with van der Waals surface area (Å²) < 4.78 is 1.08. The van der Waals surface area contributed by atoms with E-state index in [1.54, 1.807) is 0 Å². The standard InChI is InChI=1S/C14H17BrN2O/c15-11-5-3-10(4-6-11)8-17-9-13-12(14(17)18)2-1-7-16-13/h3-6,12-13,16H,1-2,7-9H2. The molecule has 0 bridgehead atoms. The molecule has 0 spiro atoms. The lowest BCUT2D eigenvalue weighted by Crippen LogP contribution is -2.41. The number of rotatable bonds is 2. The van der Waals surface area contributed by atoms with Crippen molar-refractivity contribution in [3.05, 3.63) is 34.3 Å². The fourth-order valence-electron chi connectivity index (χ4n) is 2.95. The molecule has 2 fully saturated rings. The number of nitrogens with zero attached hydrogens (tertiary/aromatic N) is 1. The number of nitrogens with one attached hydrogen (secondary N) is 1. The van der Waals surface area contributed by atoms with E-state index in [2.05, 4.69) is 33.4 Å². The van der Waals surface area contributed by atoms with Gasteiger partial charge in [-0.3, -0.25) is 4.79 Å². The second kappa shape index (κ2) is 5.02. The maximum absolute atomic E-state index is 12.3. The summed E-state index contributed by atoms with van der Waals surface area (Å²) in [6.07, 6.45) is 2.17. The number of benzene rings is 1. The van der Waals surface area contributed by atoms with Crippen molar-refractivity contribution in [3.8, 4) is 0 Å². The fourth-order valence-corrected chi connectivity index (χ4v) is 3.22. The Kier molecular flexibility index (Phi) is 3.39. The molecular weight excluding hydrogens is 292 g/mol. The number of carbonyl (C=O) groups excluding carboxylic acids is 1. The van der Waals surface area contributed by atoms with E-state index in [1.807, 2.05) is 17.0 Å². The normalized spacial score (nSPS) is 27.4. The van der Waals surface area contributed by atoms with Gasteiger partial charge in [0.05, 0.1) is 5.92 Å². The molecule has 4 heteroatoms. The van der Waals surface area contributed by atoms with E-state index < -0.39 is 0 Å². The zero-order valence-corrected chi connectivity index (χ0v) is 11.8. The summed E-state index contributed by atoms with van der Waals surface area (Å²) in [6, 6.07) is 8.59. The average molecular weight is 309 g/mol. The number of piperidine rings is 1. The molecule has 0 saturated carbocycles. The van der Waals surface area contributed by atoms with Gasteiger partial charge in [0.15, 0.2) is 0 Å². The minimum atomic E-state index is 0.217. The molecule has 2 saturated heterocycles. The summed E-state index contributed by atoms with van der Waals surface area (Å²) in [5, 5.41) is 3.47. The lowest BCUT2D eigenvalue weighted by atomic mass is 9.94. The number of amides is 1. The Bertz CT molecular complexity index is 446. The topological polar surface area (TPSA) is 32.3 Å². The third-order valence-electron chi connectivity index (χ3n) is 3.92. The molecule has 3 nitrogen and oxygen atoms in total. The molecule has 1 aromatic carbocycles. The molecule has 1 aromatic rings. The molecule has 2 aliphatic rings. The van der Waals surface area contributed by atoms with Crippen molar-refractivity contribution in [1.82, 2.24) is 10.2 Å². The highest BCUT2D eigenvalue weighted by atomic mass is 79.9. The van der Waals surface area contributed by atoms with Gasteiger partial charge in [-0.15, -0.1) is 0 Å². The summed E-state index contributed by atoms with van der Waals surface area (Å²) >= 11 is 3.43. The Hall–Kier alpha value is -0.870. The molecule has 0 aliphatic carbocycles. The number of hydrogen-bond acceptors (Lipinski definition) is 2. The minimum Gasteiger partial charge on any atom is -0.336 e. The third kappa shape index (κ3) is 2.31. The van der Waals surface area contributed by atoms with Gasteiger partial charge in [-0.05, 0) is 37.1 Å². The van der Waals surface area contributed by atoms with Crippen molar-refractivity contribution in [2.45, 2.75) is 25.4 Å². The molecule has 2 atom stereocenters. The summed E-state index contributed by atoms with van der Waals surface area (Å²) in [4.78, 5) is 14.3. The summed E-state index contributed by atoms with van der Waals surface area (Å²) in [7, 11) is 0. The average Bonchev–Trinajstić information content (AvgIpc) is 2.70. The van der Waals surface area contributed by atoms with Gasteiger partial charge >= 0.3 is 0 Å². The number of hydrogen-bond donors (Lipinski definition) is 1. The van der Waals surface area contributed by atoms with Crippen LogP contribution in [0.4, 0.5) is 0 Å². The van der Waals surface area contributed by atoms with E-state index in [0.29, 0.717) is 11.9 Å². The first-order valence-electron chi connectivity index (χ1n) is 6.50. The molecule has 0 aromatic heterocycles. The first-order chi connectivity index (χ1) is 8.74. The smallest absolute Gasteiger partial charge is 0.227 e. The van der Waals surface area contributed by atoms with Gasteiger partial charge in [0.1, 0.15) is 0 Å². The molecule has 3 rings (SSSR count). The second-order valence-corrected chi connectivity index (χ2v) is 6.07. The Morgan fingerprint density at radius 2 is 2.11 bits per heavy atom. The second-order valence-electron chi connectivity index (χ2n) is 5.15. The maximum Gasteiger partial charge on any atom is 0.227 e. The third-order valence-corrected chi connectivity index (χ3v) is 4.45. The van der Waals surface area contributed by atoms with Gasteiger partial charge in [-0.25, -0.2) is 0 Å². The van der Waals surface area contributed by atoms with Crippen molar-refractivity contribution in [2.24, 2.45) is 5.92 Å². The first kappa shape index (κ1) is 12.2. The highest BCUT2D eigenvalue weighted by Crippen LogP contribution is 2.27. The quantitative estimate of drug-likeness (QED) is 0.908. The van der Waals surface area contributed by atoms with E-state index in [4.69, 9.17) is 0 Å². The van der Waals surface area contributed by atoms with Crippen LogP contribution in [0.2, 0.25) is 0 Å². The molecule has 1 N–H and O–H groups in total. The van der Waals surface area contributed by atoms with Gasteiger partial charge in [-0.2, -0.15) is 0 Å². The van der Waals surface area contributed by atoms with Gasteiger partial charge < -0.3 is 10.2 Å². The van der Waals surface area contributed by atoms with Crippen molar-refractivity contribution in [1.29, 1.82) is 0 Å². The Morgan fingerprint density at radius 3 is 2.83 bits per heavy atom. The molecule has 18 heavy (non-hydrogen) atoms.